The first-order chi connectivity index (χ1) is 11.9. The Labute approximate surface area is 146 Å². The summed E-state index contributed by atoms with van der Waals surface area (Å²) in [6, 6.07) is 1.40. The Morgan fingerprint density at radius 2 is 2.20 bits per heavy atom. The molecule has 0 fully saturated rings. The number of hydrogen-bond donors (Lipinski definition) is 0. The molecule has 0 atom stereocenters. The number of thioether (sulfide) groups is 1. The zero-order valence-electron chi connectivity index (χ0n) is 13.3. The quantitative estimate of drug-likeness (QED) is 0.659. The summed E-state index contributed by atoms with van der Waals surface area (Å²) in [5, 5.41) is 3.57. The molecule has 0 amide bonds. The van der Waals surface area contributed by atoms with Crippen LogP contribution in [0.4, 0.5) is 13.2 Å². The molecular weight excluding hydrogens is 359 g/mol. The Hall–Kier alpha value is -2.00. The van der Waals surface area contributed by atoms with Gasteiger partial charge in [0.15, 0.2) is 11.5 Å². The molecule has 0 unspecified atom stereocenters. The second-order valence-corrected chi connectivity index (χ2v) is 6.04. The first-order valence-corrected chi connectivity index (χ1v) is 8.22. The molecule has 9 heteroatoms. The fourth-order valence-corrected chi connectivity index (χ4v) is 2.60. The lowest BCUT2D eigenvalue weighted by Crippen LogP contribution is -2.04. The van der Waals surface area contributed by atoms with Gasteiger partial charge < -0.3 is 14.0 Å². The highest BCUT2D eigenvalue weighted by atomic mass is 32.2. The van der Waals surface area contributed by atoms with E-state index in [4.69, 9.17) is 14.0 Å². The van der Waals surface area contributed by atoms with Gasteiger partial charge in [0.2, 0.25) is 0 Å². The Bertz CT molecular complexity index is 692. The van der Waals surface area contributed by atoms with Crippen molar-refractivity contribution in [2.45, 2.75) is 25.5 Å². The van der Waals surface area contributed by atoms with Crippen LogP contribution in [0.2, 0.25) is 0 Å². The predicted molar refractivity (Wildman–Crippen MR) is 85.7 cm³/mol. The Morgan fingerprint density at radius 1 is 1.40 bits per heavy atom. The van der Waals surface area contributed by atoms with Crippen LogP contribution in [-0.2, 0) is 16.1 Å². The van der Waals surface area contributed by atoms with Gasteiger partial charge in [-0.25, -0.2) is 4.79 Å². The van der Waals surface area contributed by atoms with E-state index in [1.807, 2.05) is 0 Å². The molecule has 0 saturated heterocycles. The highest BCUT2D eigenvalue weighted by molar-refractivity contribution is 8.04. The molecule has 1 aliphatic rings. The number of rotatable bonds is 7. The number of allylic oxidation sites excluding steroid dienone is 3. The van der Waals surface area contributed by atoms with Gasteiger partial charge >= 0.3 is 11.5 Å². The topological polar surface area (TPSA) is 61.6 Å². The molecule has 1 aliphatic carbocycles. The van der Waals surface area contributed by atoms with Crippen molar-refractivity contribution < 1.29 is 32.0 Å². The van der Waals surface area contributed by atoms with E-state index < -0.39 is 11.5 Å². The molecule has 0 aliphatic heterocycles. The highest BCUT2D eigenvalue weighted by Crippen LogP contribution is 2.38. The molecule has 0 bridgehead atoms. The van der Waals surface area contributed by atoms with E-state index in [2.05, 4.69) is 5.16 Å². The minimum atomic E-state index is -4.33. The number of alkyl halides is 3. The predicted octanol–water partition coefficient (Wildman–Crippen LogP) is 4.39. The van der Waals surface area contributed by atoms with Crippen LogP contribution in [0.5, 0.6) is 0 Å². The Kier molecular flexibility index (Phi) is 6.89. The lowest BCUT2D eigenvalue weighted by molar-refractivity contribution is -0.0321. The number of carbonyl (C=O) groups excluding carboxylic acids is 1. The average molecular weight is 375 g/mol. The van der Waals surface area contributed by atoms with Crippen molar-refractivity contribution in [2.75, 3.05) is 13.2 Å². The van der Waals surface area contributed by atoms with Crippen LogP contribution >= 0.6 is 11.8 Å². The minimum absolute atomic E-state index is 0.0308. The fourth-order valence-electron chi connectivity index (χ4n) is 1.94. The van der Waals surface area contributed by atoms with Crippen LogP contribution in [0.1, 0.15) is 29.6 Å². The van der Waals surface area contributed by atoms with Gasteiger partial charge in [0.05, 0.1) is 13.2 Å². The maximum absolute atomic E-state index is 12.5. The summed E-state index contributed by atoms with van der Waals surface area (Å²) >= 11 is -0.155. The molecule has 1 aromatic heterocycles. The summed E-state index contributed by atoms with van der Waals surface area (Å²) in [6.45, 7) is 2.03. The molecule has 2 rings (SSSR count). The van der Waals surface area contributed by atoms with Crippen molar-refractivity contribution in [3.63, 3.8) is 0 Å². The van der Waals surface area contributed by atoms with E-state index in [0.717, 1.165) is 0 Å². The molecule has 0 spiro atoms. The summed E-state index contributed by atoms with van der Waals surface area (Å²) in [6.07, 6.45) is 6.83. The lowest BCUT2D eigenvalue weighted by atomic mass is 10.2. The third kappa shape index (κ3) is 6.79. The average Bonchev–Trinajstić information content (AvgIpc) is 2.88. The van der Waals surface area contributed by atoms with Crippen molar-refractivity contribution in [2.24, 2.45) is 0 Å². The third-order valence-corrected chi connectivity index (χ3v) is 3.66. The maximum Gasteiger partial charge on any atom is 0.446 e. The second kappa shape index (κ2) is 8.91. The molecule has 0 radical (unpaired) electrons. The first kappa shape index (κ1) is 19.3. The Balaban J connectivity index is 1.88. The summed E-state index contributed by atoms with van der Waals surface area (Å²) in [4.78, 5) is 11.6. The van der Waals surface area contributed by atoms with Crippen LogP contribution in [0.15, 0.2) is 45.4 Å². The van der Waals surface area contributed by atoms with Crippen LogP contribution in [0.3, 0.4) is 0 Å². The molecule has 25 heavy (non-hydrogen) atoms. The van der Waals surface area contributed by atoms with Gasteiger partial charge in [0, 0.05) is 11.0 Å². The van der Waals surface area contributed by atoms with Crippen LogP contribution < -0.4 is 0 Å². The molecule has 5 nitrogen and oxygen atoms in total. The number of hydrogen-bond acceptors (Lipinski definition) is 6. The van der Waals surface area contributed by atoms with E-state index in [-0.39, 0.29) is 42.2 Å². The molecule has 1 aromatic rings. The molecule has 0 N–H and O–H groups in total. The number of halogens is 3. The number of esters is 1. The van der Waals surface area contributed by atoms with E-state index in [0.29, 0.717) is 17.8 Å². The van der Waals surface area contributed by atoms with Crippen LogP contribution in [0.25, 0.3) is 0 Å². The standard InChI is InChI=1S/C16H16F3NO4S/c1-2-23-15(21)14-8-12(24-20-14)10-22-9-11-5-3-4-6-13(7-11)25-16(17,18)19/h3,5-8H,2,4,9-10H2,1H3. The second-order valence-electron chi connectivity index (χ2n) is 4.90. The van der Waals surface area contributed by atoms with Crippen molar-refractivity contribution in [1.29, 1.82) is 0 Å². The zero-order valence-corrected chi connectivity index (χ0v) is 14.2. The number of nitrogens with zero attached hydrogens (tertiary/aromatic N) is 1. The number of carbonyl (C=O) groups is 1. The summed E-state index contributed by atoms with van der Waals surface area (Å²) in [5.74, 6) is -0.271. The van der Waals surface area contributed by atoms with Crippen molar-refractivity contribution in [1.82, 2.24) is 5.16 Å². The van der Waals surface area contributed by atoms with Gasteiger partial charge in [-0.05, 0) is 36.8 Å². The lowest BCUT2D eigenvalue weighted by Gasteiger charge is -2.07. The van der Waals surface area contributed by atoms with Gasteiger partial charge in [0.1, 0.15) is 6.61 Å². The first-order valence-electron chi connectivity index (χ1n) is 7.41. The largest absolute Gasteiger partial charge is 0.461 e. The monoisotopic (exact) mass is 375 g/mol. The van der Waals surface area contributed by atoms with Crippen molar-refractivity contribution in [3.05, 3.63) is 52.3 Å². The molecular formula is C16H16F3NO4S. The van der Waals surface area contributed by atoms with Gasteiger partial charge in [-0.2, -0.15) is 13.2 Å². The zero-order chi connectivity index (χ0) is 18.3. The van der Waals surface area contributed by atoms with Gasteiger partial charge in [0.25, 0.3) is 0 Å². The molecule has 0 aromatic carbocycles. The van der Waals surface area contributed by atoms with E-state index in [9.17, 15) is 18.0 Å². The van der Waals surface area contributed by atoms with Crippen molar-refractivity contribution >= 4 is 17.7 Å². The summed E-state index contributed by atoms with van der Waals surface area (Å²) in [5.41, 5.74) is -3.69. The van der Waals surface area contributed by atoms with E-state index in [1.54, 1.807) is 19.1 Å². The van der Waals surface area contributed by atoms with Crippen LogP contribution in [0, 0.1) is 0 Å². The van der Waals surface area contributed by atoms with Crippen molar-refractivity contribution in [3.8, 4) is 0 Å². The third-order valence-electron chi connectivity index (χ3n) is 2.90. The van der Waals surface area contributed by atoms with Crippen LogP contribution in [-0.4, -0.2) is 29.8 Å². The highest BCUT2D eigenvalue weighted by Gasteiger charge is 2.29. The molecule has 136 valence electrons. The van der Waals surface area contributed by atoms with E-state index in [1.165, 1.54) is 18.2 Å². The SMILES string of the molecule is CCOC(=O)c1cc(COCC2=CC(SC(F)(F)F)=CCC=C2)on1. The maximum atomic E-state index is 12.5. The summed E-state index contributed by atoms with van der Waals surface area (Å²) < 4.78 is 52.6. The normalized spacial score (nSPS) is 14.7. The molecule has 1 heterocycles. The summed E-state index contributed by atoms with van der Waals surface area (Å²) in [7, 11) is 0. The van der Waals surface area contributed by atoms with E-state index >= 15 is 0 Å². The van der Waals surface area contributed by atoms with Gasteiger partial charge in [-0.15, -0.1) is 0 Å². The number of aromatic nitrogens is 1. The smallest absolute Gasteiger partial charge is 0.446 e. The number of ether oxygens (including phenoxy) is 2. The Morgan fingerprint density at radius 3 is 2.92 bits per heavy atom. The van der Waals surface area contributed by atoms with Gasteiger partial charge in [-0.1, -0.05) is 23.4 Å². The van der Waals surface area contributed by atoms with Gasteiger partial charge in [-0.3, -0.25) is 0 Å². The molecule has 0 saturated carbocycles. The minimum Gasteiger partial charge on any atom is -0.461 e. The fraction of sp³-hybridized carbons (Fsp3) is 0.375.